The topological polar surface area (TPSA) is 70.1 Å². The van der Waals surface area contributed by atoms with Crippen molar-refractivity contribution in [2.24, 2.45) is 0 Å². The van der Waals surface area contributed by atoms with Crippen LogP contribution in [0.15, 0.2) is 41.3 Å². The number of nitrogen functional groups attached to an aromatic ring is 1. The number of anilines is 1. The van der Waals surface area contributed by atoms with Crippen molar-refractivity contribution in [3.05, 3.63) is 52.4 Å². The Morgan fingerprint density at radius 3 is 2.88 bits per heavy atom. The van der Waals surface area contributed by atoms with Crippen molar-refractivity contribution in [2.45, 2.75) is 6.54 Å². The van der Waals surface area contributed by atoms with E-state index in [1.807, 2.05) is 6.07 Å². The standard InChI is InChI=1S/C12H13N3O2/c1-17-11-5-4-9(7-10(11)13)8-15-12(16)3-2-6-14-15/h2-7H,8,13H2,1H3. The monoisotopic (exact) mass is 231 g/mol. The summed E-state index contributed by atoms with van der Waals surface area (Å²) < 4.78 is 6.44. The molecular formula is C12H13N3O2. The van der Waals surface area contributed by atoms with E-state index in [-0.39, 0.29) is 5.56 Å². The highest BCUT2D eigenvalue weighted by Crippen LogP contribution is 2.21. The Balaban J connectivity index is 2.28. The number of benzene rings is 1. The lowest BCUT2D eigenvalue weighted by Gasteiger charge is -2.07. The summed E-state index contributed by atoms with van der Waals surface area (Å²) in [5.41, 5.74) is 7.11. The van der Waals surface area contributed by atoms with E-state index in [0.29, 0.717) is 18.0 Å². The number of nitrogens with two attached hydrogens (primary N) is 1. The van der Waals surface area contributed by atoms with Crippen LogP contribution >= 0.6 is 0 Å². The number of rotatable bonds is 3. The lowest BCUT2D eigenvalue weighted by molar-refractivity contribution is 0.416. The third-order valence-electron chi connectivity index (χ3n) is 2.41. The summed E-state index contributed by atoms with van der Waals surface area (Å²) in [5, 5.41) is 3.98. The summed E-state index contributed by atoms with van der Waals surface area (Å²) in [5.74, 6) is 0.627. The first kappa shape index (κ1) is 11.2. The normalized spacial score (nSPS) is 10.2. The second-order valence-corrected chi connectivity index (χ2v) is 3.60. The average molecular weight is 231 g/mol. The summed E-state index contributed by atoms with van der Waals surface area (Å²) in [6, 6.07) is 8.50. The second-order valence-electron chi connectivity index (χ2n) is 3.60. The van der Waals surface area contributed by atoms with Gasteiger partial charge in [-0.05, 0) is 23.8 Å². The molecule has 0 aliphatic carbocycles. The smallest absolute Gasteiger partial charge is 0.267 e. The van der Waals surface area contributed by atoms with E-state index >= 15 is 0 Å². The molecule has 0 atom stereocenters. The molecule has 0 fully saturated rings. The molecule has 0 radical (unpaired) electrons. The zero-order chi connectivity index (χ0) is 12.3. The van der Waals surface area contributed by atoms with Crippen molar-refractivity contribution in [3.8, 4) is 5.75 Å². The lowest BCUT2D eigenvalue weighted by Crippen LogP contribution is -2.21. The summed E-state index contributed by atoms with van der Waals surface area (Å²) in [6.07, 6.45) is 1.58. The number of nitrogens with zero attached hydrogens (tertiary/aromatic N) is 2. The van der Waals surface area contributed by atoms with Gasteiger partial charge in [-0.1, -0.05) is 6.07 Å². The Labute approximate surface area is 98.5 Å². The maximum absolute atomic E-state index is 11.5. The van der Waals surface area contributed by atoms with Gasteiger partial charge in [-0.25, -0.2) is 4.68 Å². The number of ether oxygens (including phenoxy) is 1. The summed E-state index contributed by atoms with van der Waals surface area (Å²) in [7, 11) is 1.56. The summed E-state index contributed by atoms with van der Waals surface area (Å²) >= 11 is 0. The van der Waals surface area contributed by atoms with Crippen LogP contribution in [0.2, 0.25) is 0 Å². The zero-order valence-corrected chi connectivity index (χ0v) is 9.46. The van der Waals surface area contributed by atoms with E-state index < -0.39 is 0 Å². The van der Waals surface area contributed by atoms with Crippen molar-refractivity contribution < 1.29 is 4.74 Å². The lowest BCUT2D eigenvalue weighted by atomic mass is 10.2. The van der Waals surface area contributed by atoms with Gasteiger partial charge in [0.1, 0.15) is 5.75 Å². The molecule has 0 amide bonds. The summed E-state index contributed by atoms with van der Waals surface area (Å²) in [4.78, 5) is 11.5. The van der Waals surface area contributed by atoms with Crippen LogP contribution in [0.3, 0.4) is 0 Å². The van der Waals surface area contributed by atoms with Gasteiger partial charge in [0.05, 0.1) is 19.3 Å². The summed E-state index contributed by atoms with van der Waals surface area (Å²) in [6.45, 7) is 0.397. The van der Waals surface area contributed by atoms with E-state index in [4.69, 9.17) is 10.5 Å². The molecule has 1 aromatic heterocycles. The van der Waals surface area contributed by atoms with E-state index in [9.17, 15) is 4.79 Å². The molecule has 0 saturated carbocycles. The van der Waals surface area contributed by atoms with Gasteiger partial charge >= 0.3 is 0 Å². The Kier molecular flexibility index (Phi) is 3.09. The zero-order valence-electron chi connectivity index (χ0n) is 9.46. The van der Waals surface area contributed by atoms with E-state index in [1.165, 1.54) is 10.7 Å². The molecule has 2 aromatic rings. The molecule has 0 aliphatic rings. The minimum atomic E-state index is -0.137. The molecule has 0 bridgehead atoms. The first-order valence-corrected chi connectivity index (χ1v) is 5.15. The molecule has 17 heavy (non-hydrogen) atoms. The highest BCUT2D eigenvalue weighted by Gasteiger charge is 2.02. The van der Waals surface area contributed by atoms with Crippen LogP contribution in [0, 0.1) is 0 Å². The van der Waals surface area contributed by atoms with Crippen LogP contribution in [-0.4, -0.2) is 16.9 Å². The van der Waals surface area contributed by atoms with Crippen molar-refractivity contribution in [1.29, 1.82) is 0 Å². The Morgan fingerprint density at radius 1 is 1.41 bits per heavy atom. The molecule has 2 N–H and O–H groups in total. The van der Waals surface area contributed by atoms with Crippen LogP contribution in [0.5, 0.6) is 5.75 Å². The third-order valence-corrected chi connectivity index (χ3v) is 2.41. The van der Waals surface area contributed by atoms with Crippen LogP contribution in [0.4, 0.5) is 5.69 Å². The van der Waals surface area contributed by atoms with Gasteiger partial charge in [0, 0.05) is 12.3 Å². The van der Waals surface area contributed by atoms with Crippen LogP contribution in [-0.2, 0) is 6.54 Å². The van der Waals surface area contributed by atoms with Crippen LogP contribution < -0.4 is 16.0 Å². The molecule has 0 aliphatic heterocycles. The number of aromatic nitrogens is 2. The van der Waals surface area contributed by atoms with Gasteiger partial charge in [0.2, 0.25) is 0 Å². The molecular weight excluding hydrogens is 218 g/mol. The van der Waals surface area contributed by atoms with Crippen molar-refractivity contribution in [1.82, 2.24) is 9.78 Å². The highest BCUT2D eigenvalue weighted by molar-refractivity contribution is 5.54. The molecule has 5 heteroatoms. The largest absolute Gasteiger partial charge is 0.495 e. The van der Waals surface area contributed by atoms with Crippen LogP contribution in [0.1, 0.15) is 5.56 Å². The molecule has 5 nitrogen and oxygen atoms in total. The van der Waals surface area contributed by atoms with Gasteiger partial charge in [-0.2, -0.15) is 5.10 Å². The Morgan fingerprint density at radius 2 is 2.24 bits per heavy atom. The maximum Gasteiger partial charge on any atom is 0.267 e. The Bertz CT molecular complexity index is 578. The number of hydrogen-bond acceptors (Lipinski definition) is 4. The molecule has 88 valence electrons. The van der Waals surface area contributed by atoms with Gasteiger partial charge in [0.15, 0.2) is 0 Å². The minimum absolute atomic E-state index is 0.137. The van der Waals surface area contributed by atoms with Crippen molar-refractivity contribution in [3.63, 3.8) is 0 Å². The Hall–Kier alpha value is -2.30. The minimum Gasteiger partial charge on any atom is -0.495 e. The van der Waals surface area contributed by atoms with E-state index in [0.717, 1.165) is 5.56 Å². The molecule has 0 saturated heterocycles. The molecule has 1 aromatic carbocycles. The number of methoxy groups -OCH3 is 1. The first-order valence-electron chi connectivity index (χ1n) is 5.15. The third kappa shape index (κ3) is 2.44. The fraction of sp³-hybridized carbons (Fsp3) is 0.167. The fourth-order valence-electron chi connectivity index (χ4n) is 1.56. The van der Waals surface area contributed by atoms with Gasteiger partial charge in [0.25, 0.3) is 5.56 Å². The quantitative estimate of drug-likeness (QED) is 0.796. The second kappa shape index (κ2) is 4.69. The first-order chi connectivity index (χ1) is 8.20. The molecule has 0 unspecified atom stereocenters. The van der Waals surface area contributed by atoms with Gasteiger partial charge in [-0.3, -0.25) is 4.79 Å². The highest BCUT2D eigenvalue weighted by atomic mass is 16.5. The molecule has 1 heterocycles. The van der Waals surface area contributed by atoms with Gasteiger partial charge in [-0.15, -0.1) is 0 Å². The van der Waals surface area contributed by atoms with Gasteiger partial charge < -0.3 is 10.5 Å². The number of hydrogen-bond donors (Lipinski definition) is 1. The van der Waals surface area contributed by atoms with Crippen molar-refractivity contribution >= 4 is 5.69 Å². The van der Waals surface area contributed by atoms with Crippen molar-refractivity contribution in [2.75, 3.05) is 12.8 Å². The molecule has 0 spiro atoms. The van der Waals surface area contributed by atoms with E-state index in [1.54, 1.807) is 31.5 Å². The van der Waals surface area contributed by atoms with E-state index in [2.05, 4.69) is 5.10 Å². The average Bonchev–Trinajstić information content (AvgIpc) is 2.32. The predicted molar refractivity (Wildman–Crippen MR) is 65.0 cm³/mol. The fourth-order valence-corrected chi connectivity index (χ4v) is 1.56. The van der Waals surface area contributed by atoms with Crippen LogP contribution in [0.25, 0.3) is 0 Å². The maximum atomic E-state index is 11.5. The molecule has 2 rings (SSSR count). The SMILES string of the molecule is COc1ccc(Cn2ncccc2=O)cc1N. The predicted octanol–water partition coefficient (Wildman–Crippen LogP) is 0.882.